The Bertz CT molecular complexity index is 3210. The molecule has 0 unspecified atom stereocenters. The molecule has 9 aromatic carbocycles. The van der Waals surface area contributed by atoms with E-state index in [-0.39, 0.29) is 0 Å². The lowest BCUT2D eigenvalue weighted by atomic mass is 9.65. The van der Waals surface area contributed by atoms with Crippen molar-refractivity contribution in [2.75, 3.05) is 4.90 Å². The summed E-state index contributed by atoms with van der Waals surface area (Å²) in [7, 11) is 0. The summed E-state index contributed by atoms with van der Waals surface area (Å²) in [5, 5.41) is 5.09. The number of para-hydroxylation sites is 1. The van der Waals surface area contributed by atoms with Crippen LogP contribution in [0.25, 0.3) is 60.5 Å². The van der Waals surface area contributed by atoms with Crippen LogP contribution in [0.2, 0.25) is 0 Å². The minimum Gasteiger partial charge on any atom is -0.310 e. The van der Waals surface area contributed by atoms with Crippen LogP contribution in [-0.4, -0.2) is 4.57 Å². The highest BCUT2D eigenvalue weighted by atomic mass is 15.1. The fourth-order valence-corrected chi connectivity index (χ4v) is 10.3. The van der Waals surface area contributed by atoms with Gasteiger partial charge in [-0.25, -0.2) is 0 Å². The highest BCUT2D eigenvalue weighted by Gasteiger charge is 2.51. The van der Waals surface area contributed by atoms with Gasteiger partial charge in [0.15, 0.2) is 0 Å². The second-order valence-electron chi connectivity index (χ2n) is 15.9. The number of aryl methyl sites for hydroxylation is 2. The Morgan fingerprint density at radius 1 is 0.421 bits per heavy atom. The zero-order valence-electron chi connectivity index (χ0n) is 31.9. The zero-order valence-corrected chi connectivity index (χ0v) is 31.9. The first kappa shape index (κ1) is 32.1. The molecule has 268 valence electrons. The smallest absolute Gasteiger partial charge is 0.0754 e. The van der Waals surface area contributed by atoms with E-state index in [1.165, 1.54) is 93.9 Å². The molecule has 2 nitrogen and oxygen atoms in total. The van der Waals surface area contributed by atoms with Gasteiger partial charge in [0, 0.05) is 27.5 Å². The van der Waals surface area contributed by atoms with Crippen LogP contribution in [0, 0.1) is 13.8 Å². The molecule has 0 saturated heterocycles. The van der Waals surface area contributed by atoms with E-state index in [0.717, 1.165) is 17.1 Å². The fraction of sp³-hybridized carbons (Fsp3) is 0.0545. The summed E-state index contributed by atoms with van der Waals surface area (Å²) in [4.78, 5) is 2.38. The summed E-state index contributed by atoms with van der Waals surface area (Å²) in [5.74, 6) is 0. The van der Waals surface area contributed by atoms with Gasteiger partial charge in [-0.3, -0.25) is 0 Å². The molecule has 57 heavy (non-hydrogen) atoms. The van der Waals surface area contributed by atoms with E-state index in [2.05, 4.69) is 217 Å². The third-order valence-corrected chi connectivity index (χ3v) is 12.6. The Morgan fingerprint density at radius 2 is 1.07 bits per heavy atom. The van der Waals surface area contributed by atoms with Crippen molar-refractivity contribution in [1.29, 1.82) is 0 Å². The molecule has 0 fully saturated rings. The third kappa shape index (κ3) is 4.41. The molecule has 2 heterocycles. The van der Waals surface area contributed by atoms with Crippen LogP contribution in [-0.2, 0) is 5.41 Å². The summed E-state index contributed by atoms with van der Waals surface area (Å²) >= 11 is 0. The van der Waals surface area contributed by atoms with Gasteiger partial charge in [0.25, 0.3) is 0 Å². The van der Waals surface area contributed by atoms with Gasteiger partial charge in [-0.1, -0.05) is 145 Å². The largest absolute Gasteiger partial charge is 0.310 e. The average molecular weight is 727 g/mol. The Labute approximate surface area is 332 Å². The highest BCUT2D eigenvalue weighted by Crippen LogP contribution is 2.61. The second kappa shape index (κ2) is 11.9. The molecule has 1 aliphatic carbocycles. The maximum atomic E-state index is 2.55. The molecule has 2 aliphatic rings. The Balaban J connectivity index is 1.10. The molecule has 0 bridgehead atoms. The van der Waals surface area contributed by atoms with Gasteiger partial charge in [-0.15, -0.1) is 0 Å². The summed E-state index contributed by atoms with van der Waals surface area (Å²) in [6.07, 6.45) is 0. The molecule has 0 N–H and O–H groups in total. The van der Waals surface area contributed by atoms with Crippen molar-refractivity contribution < 1.29 is 0 Å². The molecule has 1 spiro atoms. The molecular formula is C55H38N2. The molecule has 12 rings (SSSR count). The molecular weight excluding hydrogens is 689 g/mol. The lowest BCUT2D eigenvalue weighted by Gasteiger charge is -2.40. The number of hydrogen-bond acceptors (Lipinski definition) is 1. The molecule has 0 radical (unpaired) electrons. The topological polar surface area (TPSA) is 8.17 Å². The summed E-state index contributed by atoms with van der Waals surface area (Å²) in [6.45, 7) is 4.47. The second-order valence-corrected chi connectivity index (χ2v) is 15.9. The standard InChI is InChI=1S/C55H38N2/c1-35-23-29-52-45(31-35)46-32-36(2)33-50-54(46)57(52)53-30-26-39(34-49(53)55(50)47-20-10-8-18-43(47)44-19-9-11-21-48(44)55)37-24-27-41(28-25-37)56(40-15-4-3-5-16-40)51-22-12-14-38-13-6-7-17-42(38)51/h3-34H,1-2H3. The lowest BCUT2D eigenvalue weighted by molar-refractivity contribution is 0.748. The molecule has 0 saturated carbocycles. The third-order valence-electron chi connectivity index (χ3n) is 12.6. The monoisotopic (exact) mass is 726 g/mol. The van der Waals surface area contributed by atoms with Gasteiger partial charge < -0.3 is 9.47 Å². The first-order valence-corrected chi connectivity index (χ1v) is 19.9. The van der Waals surface area contributed by atoms with Crippen molar-refractivity contribution in [2.24, 2.45) is 0 Å². The van der Waals surface area contributed by atoms with Crippen molar-refractivity contribution in [1.82, 2.24) is 4.57 Å². The number of fused-ring (bicyclic) bond motifs is 13. The molecule has 1 aliphatic heterocycles. The van der Waals surface area contributed by atoms with E-state index in [0.29, 0.717) is 0 Å². The summed E-state index contributed by atoms with van der Waals surface area (Å²) in [6, 6.07) is 72.4. The van der Waals surface area contributed by atoms with Crippen LogP contribution in [0.15, 0.2) is 194 Å². The van der Waals surface area contributed by atoms with Crippen molar-refractivity contribution >= 4 is 49.6 Å². The Hall–Kier alpha value is -7.16. The summed E-state index contributed by atoms with van der Waals surface area (Å²) < 4.78 is 2.55. The normalized spacial score (nSPS) is 13.2. The number of rotatable bonds is 4. The maximum Gasteiger partial charge on any atom is 0.0754 e. The average Bonchev–Trinajstić information content (AvgIpc) is 3.74. The predicted octanol–water partition coefficient (Wildman–Crippen LogP) is 14.4. The molecule has 10 aromatic rings. The van der Waals surface area contributed by atoms with Gasteiger partial charge in [-0.2, -0.15) is 0 Å². The zero-order chi connectivity index (χ0) is 37.8. The van der Waals surface area contributed by atoms with Crippen LogP contribution in [0.5, 0.6) is 0 Å². The first-order chi connectivity index (χ1) is 28.1. The highest BCUT2D eigenvalue weighted by molar-refractivity contribution is 6.13. The molecule has 0 amide bonds. The van der Waals surface area contributed by atoms with Gasteiger partial charge in [0.2, 0.25) is 0 Å². The van der Waals surface area contributed by atoms with Gasteiger partial charge in [0.05, 0.1) is 27.8 Å². The molecule has 1 aromatic heterocycles. The van der Waals surface area contributed by atoms with E-state index in [1.54, 1.807) is 0 Å². The van der Waals surface area contributed by atoms with Gasteiger partial charge >= 0.3 is 0 Å². The number of anilines is 3. The maximum absolute atomic E-state index is 2.55. The van der Waals surface area contributed by atoms with E-state index in [1.807, 2.05) is 0 Å². The van der Waals surface area contributed by atoms with E-state index in [4.69, 9.17) is 0 Å². The number of nitrogens with zero attached hydrogens (tertiary/aromatic N) is 2. The summed E-state index contributed by atoms with van der Waals surface area (Å²) in [5.41, 5.74) is 19.7. The first-order valence-electron chi connectivity index (χ1n) is 19.9. The van der Waals surface area contributed by atoms with E-state index >= 15 is 0 Å². The Morgan fingerprint density at radius 3 is 1.86 bits per heavy atom. The van der Waals surface area contributed by atoms with Crippen molar-refractivity contribution in [2.45, 2.75) is 19.3 Å². The van der Waals surface area contributed by atoms with Crippen molar-refractivity contribution in [3.63, 3.8) is 0 Å². The van der Waals surface area contributed by atoms with Crippen LogP contribution >= 0.6 is 0 Å². The van der Waals surface area contributed by atoms with Crippen molar-refractivity contribution in [3.8, 4) is 27.9 Å². The van der Waals surface area contributed by atoms with Crippen LogP contribution in [0.1, 0.15) is 33.4 Å². The Kier molecular flexibility index (Phi) is 6.72. The van der Waals surface area contributed by atoms with E-state index in [9.17, 15) is 0 Å². The minimum absolute atomic E-state index is 0.485. The quantitative estimate of drug-likeness (QED) is 0.175. The van der Waals surface area contributed by atoms with Crippen molar-refractivity contribution in [3.05, 3.63) is 228 Å². The minimum atomic E-state index is -0.485. The van der Waals surface area contributed by atoms with E-state index < -0.39 is 5.41 Å². The van der Waals surface area contributed by atoms with Gasteiger partial charge in [-0.05, 0) is 124 Å². The number of benzene rings is 9. The number of aromatic nitrogens is 1. The van der Waals surface area contributed by atoms with Gasteiger partial charge in [0.1, 0.15) is 0 Å². The molecule has 0 atom stereocenters. The number of hydrogen-bond donors (Lipinski definition) is 0. The van der Waals surface area contributed by atoms with Crippen LogP contribution < -0.4 is 4.90 Å². The predicted molar refractivity (Wildman–Crippen MR) is 239 cm³/mol. The lowest BCUT2D eigenvalue weighted by Crippen LogP contribution is -2.33. The van der Waals surface area contributed by atoms with Crippen LogP contribution in [0.3, 0.4) is 0 Å². The fourth-order valence-electron chi connectivity index (χ4n) is 10.3. The SMILES string of the molecule is Cc1ccc2c(c1)c1cc(C)cc3c1n2-c1ccc(-c2ccc(N(c4ccccc4)c4cccc5ccccc45)cc2)cc1C31c2ccccc2-c2ccccc21. The van der Waals surface area contributed by atoms with Crippen LogP contribution in [0.4, 0.5) is 17.1 Å². The molecule has 2 heteroatoms.